The average molecular weight is 272 g/mol. The van der Waals surface area contributed by atoms with Gasteiger partial charge in [-0.05, 0) is 24.0 Å². The molecule has 0 saturated carbocycles. The molecule has 0 radical (unpaired) electrons. The molecular formula is C11H20N4O2S. The summed E-state index contributed by atoms with van der Waals surface area (Å²) < 4.78 is 26.8. The zero-order chi connectivity index (χ0) is 13.8. The Balaban J connectivity index is 2.94. The molecule has 6 nitrogen and oxygen atoms in total. The SMILES string of the molecule is CCC(C)(C)CNS(=O)(=O)c1ncccc1NN. The Labute approximate surface area is 108 Å². The molecule has 7 heteroatoms. The minimum Gasteiger partial charge on any atom is -0.321 e. The summed E-state index contributed by atoms with van der Waals surface area (Å²) in [7, 11) is -3.65. The van der Waals surface area contributed by atoms with Crippen LogP contribution in [0.1, 0.15) is 27.2 Å². The van der Waals surface area contributed by atoms with E-state index in [4.69, 9.17) is 5.84 Å². The lowest BCUT2D eigenvalue weighted by molar-refractivity contribution is 0.350. The molecular weight excluding hydrogens is 252 g/mol. The van der Waals surface area contributed by atoms with Crippen LogP contribution in [0.5, 0.6) is 0 Å². The van der Waals surface area contributed by atoms with Gasteiger partial charge in [0.05, 0.1) is 5.69 Å². The largest absolute Gasteiger partial charge is 0.321 e. The van der Waals surface area contributed by atoms with Crippen molar-refractivity contribution in [3.63, 3.8) is 0 Å². The topological polar surface area (TPSA) is 97.1 Å². The lowest BCUT2D eigenvalue weighted by Crippen LogP contribution is -2.34. The molecule has 0 saturated heterocycles. The van der Waals surface area contributed by atoms with Crippen LogP contribution in [-0.2, 0) is 10.0 Å². The van der Waals surface area contributed by atoms with Gasteiger partial charge < -0.3 is 5.43 Å². The number of aromatic nitrogens is 1. The van der Waals surface area contributed by atoms with Crippen LogP contribution in [0.15, 0.2) is 23.4 Å². The van der Waals surface area contributed by atoms with Crippen LogP contribution < -0.4 is 16.0 Å². The fourth-order valence-electron chi connectivity index (χ4n) is 1.20. The van der Waals surface area contributed by atoms with Crippen molar-refractivity contribution in [3.05, 3.63) is 18.3 Å². The van der Waals surface area contributed by atoms with Crippen molar-refractivity contribution < 1.29 is 8.42 Å². The lowest BCUT2D eigenvalue weighted by atomic mass is 9.91. The van der Waals surface area contributed by atoms with Crippen LogP contribution >= 0.6 is 0 Å². The summed E-state index contributed by atoms with van der Waals surface area (Å²) in [5, 5.41) is -0.0839. The zero-order valence-corrected chi connectivity index (χ0v) is 11.7. The van der Waals surface area contributed by atoms with Gasteiger partial charge in [-0.3, -0.25) is 5.84 Å². The maximum absolute atomic E-state index is 12.1. The smallest absolute Gasteiger partial charge is 0.260 e. The molecule has 18 heavy (non-hydrogen) atoms. The molecule has 0 unspecified atom stereocenters. The Morgan fingerprint density at radius 1 is 1.44 bits per heavy atom. The van der Waals surface area contributed by atoms with Gasteiger partial charge in [0.25, 0.3) is 10.0 Å². The van der Waals surface area contributed by atoms with Gasteiger partial charge in [0.2, 0.25) is 0 Å². The van der Waals surface area contributed by atoms with Crippen LogP contribution in [0.3, 0.4) is 0 Å². The second-order valence-corrected chi connectivity index (χ2v) is 6.53. The first-order valence-electron chi connectivity index (χ1n) is 5.74. The fraction of sp³-hybridized carbons (Fsp3) is 0.545. The highest BCUT2D eigenvalue weighted by molar-refractivity contribution is 7.89. The van der Waals surface area contributed by atoms with E-state index in [1.54, 1.807) is 12.1 Å². The van der Waals surface area contributed by atoms with Gasteiger partial charge in [0.15, 0.2) is 5.03 Å². The Morgan fingerprint density at radius 2 is 2.11 bits per heavy atom. The van der Waals surface area contributed by atoms with Crippen molar-refractivity contribution in [2.24, 2.45) is 11.3 Å². The number of anilines is 1. The van der Waals surface area contributed by atoms with Crippen molar-refractivity contribution >= 4 is 15.7 Å². The summed E-state index contributed by atoms with van der Waals surface area (Å²) in [4.78, 5) is 3.85. The highest BCUT2D eigenvalue weighted by Gasteiger charge is 2.23. The summed E-state index contributed by atoms with van der Waals surface area (Å²) in [5.74, 6) is 5.27. The van der Waals surface area contributed by atoms with Gasteiger partial charge in [0.1, 0.15) is 0 Å². The Hall–Kier alpha value is -1.18. The molecule has 0 aliphatic carbocycles. The molecule has 1 aromatic rings. The summed E-state index contributed by atoms with van der Waals surface area (Å²) in [5.41, 5.74) is 2.51. The second kappa shape index (κ2) is 5.64. The molecule has 102 valence electrons. The first kappa shape index (κ1) is 14.9. The molecule has 0 amide bonds. The molecule has 0 atom stereocenters. The number of hydrazine groups is 1. The van der Waals surface area contributed by atoms with Crippen LogP contribution in [0.4, 0.5) is 5.69 Å². The lowest BCUT2D eigenvalue weighted by Gasteiger charge is -2.22. The second-order valence-electron chi connectivity index (χ2n) is 4.84. The Kier molecular flexibility index (Phi) is 4.66. The highest BCUT2D eigenvalue weighted by atomic mass is 32.2. The van der Waals surface area contributed by atoms with Gasteiger partial charge in [-0.25, -0.2) is 18.1 Å². The summed E-state index contributed by atoms with van der Waals surface area (Å²) in [6.45, 7) is 6.36. The Morgan fingerprint density at radius 3 is 2.67 bits per heavy atom. The maximum atomic E-state index is 12.1. The third-order valence-corrected chi connectivity index (χ3v) is 4.24. The quantitative estimate of drug-likeness (QED) is 0.532. The number of nitrogen functional groups attached to an aromatic ring is 1. The van der Waals surface area contributed by atoms with Crippen molar-refractivity contribution in [2.45, 2.75) is 32.2 Å². The van der Waals surface area contributed by atoms with E-state index in [2.05, 4.69) is 15.1 Å². The first-order valence-corrected chi connectivity index (χ1v) is 7.22. The number of nitrogens with zero attached hydrogens (tertiary/aromatic N) is 1. The predicted octanol–water partition coefficient (Wildman–Crippen LogP) is 1.08. The van der Waals surface area contributed by atoms with E-state index in [0.717, 1.165) is 6.42 Å². The van der Waals surface area contributed by atoms with Crippen molar-refractivity contribution in [3.8, 4) is 0 Å². The van der Waals surface area contributed by atoms with E-state index in [1.165, 1.54) is 6.20 Å². The van der Waals surface area contributed by atoms with Crippen LogP contribution in [0, 0.1) is 5.41 Å². The van der Waals surface area contributed by atoms with Gasteiger partial charge in [-0.1, -0.05) is 20.8 Å². The van der Waals surface area contributed by atoms with E-state index in [1.807, 2.05) is 20.8 Å². The van der Waals surface area contributed by atoms with E-state index in [9.17, 15) is 8.42 Å². The fourth-order valence-corrected chi connectivity index (χ4v) is 2.53. The molecule has 0 spiro atoms. The number of rotatable bonds is 6. The number of hydrogen-bond donors (Lipinski definition) is 3. The molecule has 0 aromatic carbocycles. The third kappa shape index (κ3) is 3.66. The number of hydrogen-bond acceptors (Lipinski definition) is 5. The first-order chi connectivity index (χ1) is 8.32. The van der Waals surface area contributed by atoms with E-state index in [-0.39, 0.29) is 16.1 Å². The monoisotopic (exact) mass is 272 g/mol. The molecule has 1 heterocycles. The third-order valence-electron chi connectivity index (χ3n) is 2.88. The highest BCUT2D eigenvalue weighted by Crippen LogP contribution is 2.21. The number of pyridine rings is 1. The van der Waals surface area contributed by atoms with Gasteiger partial charge in [-0.2, -0.15) is 0 Å². The van der Waals surface area contributed by atoms with Gasteiger partial charge >= 0.3 is 0 Å². The summed E-state index contributed by atoms with van der Waals surface area (Å²) >= 11 is 0. The maximum Gasteiger partial charge on any atom is 0.260 e. The van der Waals surface area contributed by atoms with Crippen molar-refractivity contribution in [1.29, 1.82) is 0 Å². The molecule has 0 aliphatic rings. The van der Waals surface area contributed by atoms with Crippen molar-refractivity contribution in [2.75, 3.05) is 12.0 Å². The number of sulfonamides is 1. The average Bonchev–Trinajstić information content (AvgIpc) is 2.37. The molecule has 0 bridgehead atoms. The molecule has 1 aromatic heterocycles. The zero-order valence-electron chi connectivity index (χ0n) is 10.9. The van der Waals surface area contributed by atoms with Gasteiger partial charge in [0, 0.05) is 12.7 Å². The van der Waals surface area contributed by atoms with Crippen LogP contribution in [0.2, 0.25) is 0 Å². The molecule has 0 fully saturated rings. The van der Waals surface area contributed by atoms with Crippen LogP contribution in [-0.4, -0.2) is 19.9 Å². The van der Waals surface area contributed by atoms with E-state index >= 15 is 0 Å². The molecule has 4 N–H and O–H groups in total. The molecule has 1 rings (SSSR count). The number of nitrogens with two attached hydrogens (primary N) is 1. The Bertz CT molecular complexity index is 500. The summed E-state index contributed by atoms with van der Waals surface area (Å²) in [6, 6.07) is 3.18. The van der Waals surface area contributed by atoms with E-state index < -0.39 is 10.0 Å². The van der Waals surface area contributed by atoms with E-state index in [0.29, 0.717) is 6.54 Å². The minimum absolute atomic E-state index is 0.0839. The normalized spacial score (nSPS) is 12.4. The van der Waals surface area contributed by atoms with Gasteiger partial charge in [-0.15, -0.1) is 0 Å². The molecule has 0 aliphatic heterocycles. The number of nitrogens with one attached hydrogen (secondary N) is 2. The van der Waals surface area contributed by atoms with Crippen LogP contribution in [0.25, 0.3) is 0 Å². The minimum atomic E-state index is -3.65. The van der Waals surface area contributed by atoms with Crippen molar-refractivity contribution in [1.82, 2.24) is 9.71 Å². The summed E-state index contributed by atoms with van der Waals surface area (Å²) in [6.07, 6.45) is 2.29. The standard InChI is InChI=1S/C11H20N4O2S/c1-4-11(2,3)8-14-18(16,17)10-9(15-12)6-5-7-13-10/h5-7,14-15H,4,8,12H2,1-3H3. The predicted molar refractivity (Wildman–Crippen MR) is 71.3 cm³/mol.